The number of nitrogens with zero attached hydrogens (tertiary/aromatic N) is 2. The fourth-order valence-corrected chi connectivity index (χ4v) is 4.47. The summed E-state index contributed by atoms with van der Waals surface area (Å²) in [6, 6.07) is 11.1. The number of hydrogen-bond donors (Lipinski definition) is 2. The van der Waals surface area contributed by atoms with Crippen molar-refractivity contribution in [2.75, 3.05) is 24.6 Å². The number of nitro benzene ring substituents is 1. The number of rotatable bonds is 9. The van der Waals surface area contributed by atoms with Crippen LogP contribution in [0.1, 0.15) is 31.7 Å². The van der Waals surface area contributed by atoms with Gasteiger partial charge in [-0.3, -0.25) is 10.1 Å². The lowest BCUT2D eigenvalue weighted by Crippen LogP contribution is -2.50. The first kappa shape index (κ1) is 25.5. The normalized spacial score (nSPS) is 17.4. The smallest absolute Gasteiger partial charge is 0.482 e. The molecular weight excluding hydrogens is 477 g/mol. The maximum Gasteiger partial charge on any atom is 0.573 e. The molecule has 2 N–H and O–H groups in total. The van der Waals surface area contributed by atoms with Gasteiger partial charge in [0, 0.05) is 37.2 Å². The van der Waals surface area contributed by atoms with Crippen LogP contribution in [0.15, 0.2) is 54.9 Å². The van der Waals surface area contributed by atoms with E-state index in [1.807, 2.05) is 13.0 Å². The predicted octanol–water partition coefficient (Wildman–Crippen LogP) is 5.10. The Morgan fingerprint density at radius 3 is 2.39 bits per heavy atom. The first-order valence-corrected chi connectivity index (χ1v) is 11.8. The standard InChI is InChI=1S/C25H29F3N4O4/c1-24(29-12-13-30-24)17-35-23-9-6-20(16-22(23)32(33)34)31-14-10-19(11-15-31)3-2-18-4-7-21(8-5-18)36-25(26,27)28/h4-9,12-13,16,19,29-30H,2-3,10-11,14-15,17H2,1H3. The Morgan fingerprint density at radius 1 is 1.11 bits per heavy atom. The van der Waals surface area contributed by atoms with Crippen LogP contribution in [0.3, 0.4) is 0 Å². The number of ether oxygens (including phenoxy) is 2. The zero-order valence-electron chi connectivity index (χ0n) is 19.9. The summed E-state index contributed by atoms with van der Waals surface area (Å²) in [6.07, 6.45) is 2.39. The molecule has 0 radical (unpaired) electrons. The lowest BCUT2D eigenvalue weighted by molar-refractivity contribution is -0.385. The third-order valence-corrected chi connectivity index (χ3v) is 6.52. The molecule has 2 aromatic carbocycles. The van der Waals surface area contributed by atoms with E-state index in [0.29, 0.717) is 5.92 Å². The molecule has 0 spiro atoms. The van der Waals surface area contributed by atoms with Crippen LogP contribution in [0.2, 0.25) is 0 Å². The van der Waals surface area contributed by atoms with E-state index >= 15 is 0 Å². The molecule has 0 aromatic heterocycles. The molecule has 36 heavy (non-hydrogen) atoms. The second-order valence-electron chi connectivity index (χ2n) is 9.31. The fraction of sp³-hybridized carbons (Fsp3) is 0.440. The first-order valence-electron chi connectivity index (χ1n) is 11.8. The molecule has 2 aliphatic heterocycles. The fourth-order valence-electron chi connectivity index (χ4n) is 4.47. The van der Waals surface area contributed by atoms with Crippen molar-refractivity contribution in [1.82, 2.24) is 10.6 Å². The van der Waals surface area contributed by atoms with Gasteiger partial charge in [0.05, 0.1) is 4.92 Å². The number of benzene rings is 2. The minimum atomic E-state index is -4.69. The van der Waals surface area contributed by atoms with Crippen LogP contribution < -0.4 is 25.0 Å². The van der Waals surface area contributed by atoms with E-state index < -0.39 is 16.9 Å². The van der Waals surface area contributed by atoms with E-state index in [2.05, 4.69) is 20.3 Å². The molecule has 11 heteroatoms. The van der Waals surface area contributed by atoms with Crippen molar-refractivity contribution in [1.29, 1.82) is 0 Å². The summed E-state index contributed by atoms with van der Waals surface area (Å²) < 4.78 is 46.6. The SMILES string of the molecule is CC1(COc2ccc(N3CCC(CCc4ccc(OC(F)(F)F)cc4)CC3)cc2[N+](=O)[O-])NC=CN1. The highest BCUT2D eigenvalue weighted by Gasteiger charge is 2.31. The first-order chi connectivity index (χ1) is 17.1. The van der Waals surface area contributed by atoms with Crippen LogP contribution in [-0.2, 0) is 6.42 Å². The van der Waals surface area contributed by atoms with Crippen LogP contribution in [0.4, 0.5) is 24.5 Å². The van der Waals surface area contributed by atoms with Gasteiger partial charge in [0.25, 0.3) is 0 Å². The highest BCUT2D eigenvalue weighted by molar-refractivity contribution is 5.60. The topological polar surface area (TPSA) is 88.9 Å². The second-order valence-corrected chi connectivity index (χ2v) is 9.31. The van der Waals surface area contributed by atoms with Crippen LogP contribution in [0.5, 0.6) is 11.5 Å². The molecule has 0 unspecified atom stereocenters. The summed E-state index contributed by atoms with van der Waals surface area (Å²) in [4.78, 5) is 13.4. The summed E-state index contributed by atoms with van der Waals surface area (Å²) >= 11 is 0. The van der Waals surface area contributed by atoms with E-state index in [0.717, 1.165) is 50.0 Å². The van der Waals surface area contributed by atoms with E-state index in [1.165, 1.54) is 12.1 Å². The van der Waals surface area contributed by atoms with E-state index in [-0.39, 0.29) is 23.8 Å². The molecule has 194 valence electrons. The number of nitrogens with one attached hydrogen (secondary N) is 2. The van der Waals surface area contributed by atoms with Crippen molar-refractivity contribution in [2.45, 2.75) is 44.6 Å². The lowest BCUT2D eigenvalue weighted by atomic mass is 9.90. The number of anilines is 1. The van der Waals surface area contributed by atoms with Crippen molar-refractivity contribution in [3.8, 4) is 11.5 Å². The third-order valence-electron chi connectivity index (χ3n) is 6.52. The average molecular weight is 507 g/mol. The summed E-state index contributed by atoms with van der Waals surface area (Å²) in [5.41, 5.74) is 1.17. The minimum absolute atomic E-state index is 0.0675. The highest BCUT2D eigenvalue weighted by Crippen LogP contribution is 2.34. The van der Waals surface area contributed by atoms with Crippen LogP contribution in [-0.4, -0.2) is 36.6 Å². The van der Waals surface area contributed by atoms with Gasteiger partial charge < -0.3 is 25.0 Å². The highest BCUT2D eigenvalue weighted by atomic mass is 19.4. The Hall–Kier alpha value is -3.63. The zero-order valence-corrected chi connectivity index (χ0v) is 19.9. The Morgan fingerprint density at radius 2 is 1.78 bits per heavy atom. The van der Waals surface area contributed by atoms with Gasteiger partial charge in [-0.1, -0.05) is 12.1 Å². The van der Waals surface area contributed by atoms with Gasteiger partial charge >= 0.3 is 12.0 Å². The van der Waals surface area contributed by atoms with Crippen LogP contribution in [0.25, 0.3) is 0 Å². The van der Waals surface area contributed by atoms with Crippen LogP contribution in [0, 0.1) is 16.0 Å². The molecule has 4 rings (SSSR count). The quantitative estimate of drug-likeness (QED) is 0.361. The molecule has 0 bridgehead atoms. The van der Waals surface area contributed by atoms with Gasteiger partial charge in [-0.05, 0) is 68.4 Å². The molecule has 2 aromatic rings. The van der Waals surface area contributed by atoms with E-state index in [9.17, 15) is 23.3 Å². The maximum absolute atomic E-state index is 12.3. The predicted molar refractivity (Wildman–Crippen MR) is 129 cm³/mol. The van der Waals surface area contributed by atoms with Crippen molar-refractivity contribution in [3.63, 3.8) is 0 Å². The summed E-state index contributed by atoms with van der Waals surface area (Å²) in [7, 11) is 0. The number of nitro groups is 1. The van der Waals surface area contributed by atoms with Gasteiger partial charge in [0.2, 0.25) is 0 Å². The molecule has 8 nitrogen and oxygen atoms in total. The minimum Gasteiger partial charge on any atom is -0.482 e. The summed E-state index contributed by atoms with van der Waals surface area (Å²) in [6.45, 7) is 3.66. The van der Waals surface area contributed by atoms with E-state index in [1.54, 1.807) is 36.7 Å². The molecule has 1 saturated heterocycles. The van der Waals surface area contributed by atoms with Gasteiger partial charge in [0.15, 0.2) is 5.75 Å². The van der Waals surface area contributed by atoms with Gasteiger partial charge in [0.1, 0.15) is 18.0 Å². The monoisotopic (exact) mass is 506 g/mol. The van der Waals surface area contributed by atoms with Crippen LogP contribution >= 0.6 is 0 Å². The molecular formula is C25H29F3N4O4. The number of hydrogen-bond acceptors (Lipinski definition) is 7. The maximum atomic E-state index is 12.3. The second kappa shape index (κ2) is 10.5. The van der Waals surface area contributed by atoms with Gasteiger partial charge in [-0.25, -0.2) is 0 Å². The molecule has 0 saturated carbocycles. The lowest BCUT2D eigenvalue weighted by Gasteiger charge is -2.33. The molecule has 1 fully saturated rings. The summed E-state index contributed by atoms with van der Waals surface area (Å²) in [5.74, 6) is 0.482. The number of halogens is 3. The Labute approximate surface area is 207 Å². The Kier molecular flexibility index (Phi) is 7.46. The molecule has 2 heterocycles. The number of piperidine rings is 1. The third kappa shape index (κ3) is 6.73. The van der Waals surface area contributed by atoms with Gasteiger partial charge in [-0.15, -0.1) is 13.2 Å². The Bertz CT molecular complexity index is 1080. The average Bonchev–Trinajstić information content (AvgIpc) is 3.28. The number of aryl methyl sites for hydroxylation is 1. The zero-order chi connectivity index (χ0) is 25.8. The largest absolute Gasteiger partial charge is 0.573 e. The van der Waals surface area contributed by atoms with Crippen molar-refractivity contribution in [2.24, 2.45) is 5.92 Å². The van der Waals surface area contributed by atoms with Crippen molar-refractivity contribution < 1.29 is 27.6 Å². The van der Waals surface area contributed by atoms with Gasteiger partial charge in [-0.2, -0.15) is 0 Å². The Balaban J connectivity index is 1.28. The van der Waals surface area contributed by atoms with Crippen molar-refractivity contribution >= 4 is 11.4 Å². The van der Waals surface area contributed by atoms with E-state index in [4.69, 9.17) is 4.74 Å². The summed E-state index contributed by atoms with van der Waals surface area (Å²) in [5, 5.41) is 17.9. The molecule has 0 atom stereocenters. The molecule has 0 aliphatic carbocycles. The molecule has 2 aliphatic rings. The van der Waals surface area contributed by atoms with Crippen molar-refractivity contribution in [3.05, 3.63) is 70.5 Å². The number of alkyl halides is 3. The molecule has 0 amide bonds.